The average Bonchev–Trinajstić information content (AvgIpc) is 0.797. The van der Waals surface area contributed by atoms with E-state index in [2.05, 4.69) is 280 Å². The van der Waals surface area contributed by atoms with Gasteiger partial charge in [-0.1, -0.05) is 234 Å². The van der Waals surface area contributed by atoms with E-state index in [-0.39, 0.29) is 11.8 Å². The Kier molecular flexibility index (Phi) is 11.0. The lowest BCUT2D eigenvalue weighted by atomic mass is 9.84. The molecule has 0 spiro atoms. The summed E-state index contributed by atoms with van der Waals surface area (Å²) in [5.41, 5.74) is 19.0. The number of benzene rings is 14. The van der Waals surface area contributed by atoms with Gasteiger partial charge in [-0.2, -0.15) is 0 Å². The third-order valence-corrected chi connectivity index (χ3v) is 18.6. The van der Waals surface area contributed by atoms with Crippen LogP contribution < -0.4 is 9.80 Å². The summed E-state index contributed by atoms with van der Waals surface area (Å²) in [6.07, 6.45) is 0. The molecule has 4 heterocycles. The van der Waals surface area contributed by atoms with Crippen molar-refractivity contribution in [1.82, 2.24) is 0 Å². The van der Waals surface area contributed by atoms with Gasteiger partial charge in [0, 0.05) is 65.0 Å². The van der Waals surface area contributed by atoms with Crippen molar-refractivity contribution in [2.45, 2.75) is 39.5 Å². The topological polar surface area (TPSA) is 59.0 Å². The molecule has 0 N–H and O–H groups in total. The van der Waals surface area contributed by atoms with E-state index in [0.717, 1.165) is 155 Å². The lowest BCUT2D eigenvalue weighted by molar-refractivity contribution is 0.666. The first-order valence-corrected chi connectivity index (χ1v) is 30.5. The number of rotatable bonds is 10. The second kappa shape index (κ2) is 19.2. The Morgan fingerprint density at radius 2 is 0.545 bits per heavy atom. The zero-order valence-electron chi connectivity index (χ0n) is 48.9. The van der Waals surface area contributed by atoms with Crippen LogP contribution >= 0.6 is 0 Å². The fourth-order valence-corrected chi connectivity index (χ4v) is 14.6. The zero-order chi connectivity index (χ0) is 58.5. The molecule has 14 aromatic carbocycles. The van der Waals surface area contributed by atoms with Crippen molar-refractivity contribution >= 4 is 154 Å². The van der Waals surface area contributed by atoms with Gasteiger partial charge in [0.2, 0.25) is 0 Å². The van der Waals surface area contributed by atoms with Gasteiger partial charge in [-0.15, -0.1) is 0 Å². The summed E-state index contributed by atoms with van der Waals surface area (Å²) in [6.45, 7) is 9.29. The van der Waals surface area contributed by atoms with Gasteiger partial charge in [-0.3, -0.25) is 0 Å². The van der Waals surface area contributed by atoms with E-state index in [1.54, 1.807) is 0 Å². The van der Waals surface area contributed by atoms with Gasteiger partial charge >= 0.3 is 0 Å². The number of furan rings is 4. The number of nitrogens with zero attached hydrogens (tertiary/aromatic N) is 2. The largest absolute Gasteiger partial charge is 0.454 e. The molecule has 0 saturated heterocycles. The molecule has 0 aliphatic carbocycles. The van der Waals surface area contributed by atoms with Crippen LogP contribution in [0.4, 0.5) is 34.1 Å². The van der Waals surface area contributed by atoms with E-state index in [0.29, 0.717) is 0 Å². The van der Waals surface area contributed by atoms with Gasteiger partial charge < -0.3 is 27.5 Å². The maximum atomic E-state index is 7.37. The van der Waals surface area contributed by atoms with E-state index in [4.69, 9.17) is 17.7 Å². The van der Waals surface area contributed by atoms with Gasteiger partial charge in [0.05, 0.1) is 34.1 Å². The first kappa shape index (κ1) is 50.3. The monoisotopic (exact) mass is 1130 g/mol. The Bertz CT molecular complexity index is 5480. The normalized spacial score (nSPS) is 12.3. The van der Waals surface area contributed by atoms with E-state index >= 15 is 0 Å². The number of hydrogen-bond acceptors (Lipinski definition) is 6. The van der Waals surface area contributed by atoms with E-state index in [1.165, 1.54) is 32.7 Å². The molecule has 418 valence electrons. The summed E-state index contributed by atoms with van der Waals surface area (Å²) in [7, 11) is 0. The highest BCUT2D eigenvalue weighted by Crippen LogP contribution is 2.55. The second-order valence-corrected chi connectivity index (χ2v) is 24.1. The number of anilines is 6. The maximum absolute atomic E-state index is 7.37. The minimum atomic E-state index is 0.139. The highest BCUT2D eigenvalue weighted by atomic mass is 16.3. The minimum Gasteiger partial charge on any atom is -0.454 e. The average molecular weight is 1130 g/mol. The number of para-hydroxylation sites is 8. The molecule has 6 nitrogen and oxygen atoms in total. The van der Waals surface area contributed by atoms with Crippen LogP contribution in [0.5, 0.6) is 0 Å². The van der Waals surface area contributed by atoms with Crippen LogP contribution in [0.3, 0.4) is 0 Å². The quantitative estimate of drug-likeness (QED) is 0.127. The van der Waals surface area contributed by atoms with Crippen LogP contribution in [0.1, 0.15) is 50.7 Å². The summed E-state index contributed by atoms with van der Waals surface area (Å²) in [5, 5.41) is 15.5. The van der Waals surface area contributed by atoms with Crippen molar-refractivity contribution < 1.29 is 17.7 Å². The maximum Gasteiger partial charge on any atom is 0.159 e. The molecule has 0 aliphatic heterocycles. The predicted molar refractivity (Wildman–Crippen MR) is 368 cm³/mol. The number of hydrogen-bond donors (Lipinski definition) is 0. The van der Waals surface area contributed by atoms with Gasteiger partial charge in [0.15, 0.2) is 22.3 Å². The molecule has 0 aliphatic rings. The van der Waals surface area contributed by atoms with Crippen LogP contribution in [-0.2, 0) is 0 Å². The standard InChI is InChI=1S/C82H56N2O4/c1-47(2)65-45-71(83(67-35-17-31-57-53-25-11-13-39-73(53)85-79(57)67)69-37-19-33-61-59-29-15-27-51(77(59)87-81(61)69)49-21-7-5-8-22-49)63-44-42-56-66(48(3)4)46-72(64-43-41-55(65)75(63)76(56)64)84(68-36-18-32-58-54-26-12-14-40-74(54)86-80(58)68)70-38-20-34-62-60-30-16-28-52(78(60)88-82(62)70)50-23-9-6-10-24-50/h5-48H,1-4H3. The van der Waals surface area contributed by atoms with Crippen LogP contribution in [0.25, 0.3) is 142 Å². The summed E-state index contributed by atoms with van der Waals surface area (Å²) in [5.74, 6) is 0.278. The first-order valence-electron chi connectivity index (χ1n) is 30.5. The van der Waals surface area contributed by atoms with Gasteiger partial charge in [-0.25, -0.2) is 0 Å². The minimum absolute atomic E-state index is 0.139. The smallest absolute Gasteiger partial charge is 0.159 e. The SMILES string of the molecule is CC(C)c1cc(N(c2cccc3c2oc2ccccc23)c2cccc3c2oc2c(-c4ccccc4)cccc23)c2ccc3c(C(C)C)cc(N(c4cccc5c4oc4ccccc45)c4cccc5c4oc4c(-c6ccccc6)cccc45)c4ccc1c2c34. The Morgan fingerprint density at radius 3 is 0.932 bits per heavy atom. The fourth-order valence-electron chi connectivity index (χ4n) is 14.6. The summed E-state index contributed by atoms with van der Waals surface area (Å²) < 4.78 is 28.9. The molecule has 18 rings (SSSR count). The second-order valence-electron chi connectivity index (χ2n) is 24.1. The van der Waals surface area contributed by atoms with Crippen molar-refractivity contribution in [1.29, 1.82) is 0 Å². The highest BCUT2D eigenvalue weighted by Gasteiger charge is 2.31. The van der Waals surface area contributed by atoms with E-state index < -0.39 is 0 Å². The van der Waals surface area contributed by atoms with Crippen LogP contribution in [0.2, 0.25) is 0 Å². The number of fused-ring (bicyclic) bond motifs is 12. The molecule has 4 aromatic heterocycles. The van der Waals surface area contributed by atoms with Crippen molar-refractivity contribution in [2.75, 3.05) is 9.80 Å². The lowest BCUT2D eigenvalue weighted by Gasteiger charge is -2.31. The third kappa shape index (κ3) is 7.29. The molecular weight excluding hydrogens is 1080 g/mol. The Morgan fingerprint density at radius 1 is 0.239 bits per heavy atom. The van der Waals surface area contributed by atoms with Crippen molar-refractivity contribution in [3.05, 3.63) is 266 Å². The summed E-state index contributed by atoms with van der Waals surface area (Å²) in [4.78, 5) is 4.86. The first-order chi connectivity index (χ1) is 43.3. The third-order valence-electron chi connectivity index (χ3n) is 18.6. The predicted octanol–water partition coefficient (Wildman–Crippen LogP) is 24.7. The van der Waals surface area contributed by atoms with Gasteiger partial charge in [0.25, 0.3) is 0 Å². The molecule has 18 aromatic rings. The van der Waals surface area contributed by atoms with Crippen molar-refractivity contribution in [3.8, 4) is 22.3 Å². The molecular formula is C82H56N2O4. The molecule has 0 radical (unpaired) electrons. The molecule has 0 unspecified atom stereocenters. The summed E-state index contributed by atoms with van der Waals surface area (Å²) in [6, 6.07) is 91.5. The molecule has 0 atom stereocenters. The Labute approximate surface area is 506 Å². The van der Waals surface area contributed by atoms with Gasteiger partial charge in [-0.05, 0) is 104 Å². The molecule has 0 amide bonds. The molecule has 0 bridgehead atoms. The van der Waals surface area contributed by atoms with Crippen LogP contribution in [-0.4, -0.2) is 0 Å². The summed E-state index contributed by atoms with van der Waals surface area (Å²) >= 11 is 0. The Balaban J connectivity index is 0.964. The van der Waals surface area contributed by atoms with E-state index in [1.807, 2.05) is 12.1 Å². The molecule has 88 heavy (non-hydrogen) atoms. The molecule has 0 fully saturated rings. The Hall–Kier alpha value is -11.1. The van der Waals surface area contributed by atoms with Crippen LogP contribution in [0.15, 0.2) is 272 Å². The van der Waals surface area contributed by atoms with Crippen LogP contribution in [0, 0.1) is 0 Å². The fraction of sp³-hybridized carbons (Fsp3) is 0.0732. The van der Waals surface area contributed by atoms with Crippen molar-refractivity contribution in [2.24, 2.45) is 0 Å². The molecule has 6 heteroatoms. The van der Waals surface area contributed by atoms with Crippen molar-refractivity contribution in [3.63, 3.8) is 0 Å². The highest BCUT2D eigenvalue weighted by molar-refractivity contribution is 6.31. The van der Waals surface area contributed by atoms with Gasteiger partial charge in [0.1, 0.15) is 22.3 Å². The zero-order valence-corrected chi connectivity index (χ0v) is 48.9. The molecule has 0 saturated carbocycles. The lowest BCUT2D eigenvalue weighted by Crippen LogP contribution is -2.13. The van der Waals surface area contributed by atoms with E-state index in [9.17, 15) is 0 Å².